The van der Waals surface area contributed by atoms with Gasteiger partial charge in [-0.2, -0.15) is 0 Å². The molecule has 0 saturated carbocycles. The Hall–Kier alpha value is -1.86. The Morgan fingerprint density at radius 3 is 2.53 bits per heavy atom. The molecule has 30 heavy (non-hydrogen) atoms. The largest absolute Gasteiger partial charge is 0.354 e. The molecule has 0 aliphatic carbocycles. The van der Waals surface area contributed by atoms with Gasteiger partial charge in [0.25, 0.3) is 0 Å². The third-order valence-corrected chi connectivity index (χ3v) is 6.20. The smallest absolute Gasteiger partial charge is 0.242 e. The molecule has 0 unspecified atom stereocenters. The van der Waals surface area contributed by atoms with E-state index < -0.39 is 6.04 Å². The predicted molar refractivity (Wildman–Crippen MR) is 125 cm³/mol. The molecule has 2 amide bonds. The molecule has 162 valence electrons. The molecule has 0 aromatic heterocycles. The summed E-state index contributed by atoms with van der Waals surface area (Å²) < 4.78 is 14.8. The van der Waals surface area contributed by atoms with Crippen LogP contribution in [0.5, 0.6) is 0 Å². The second-order valence-corrected chi connectivity index (χ2v) is 8.95. The van der Waals surface area contributed by atoms with Crippen LogP contribution in [0.4, 0.5) is 4.39 Å². The first-order valence-electron chi connectivity index (χ1n) is 10.0. The van der Waals surface area contributed by atoms with Gasteiger partial charge < -0.3 is 10.2 Å². The minimum atomic E-state index is -0.591. The number of hydrogen-bond acceptors (Lipinski definition) is 3. The fourth-order valence-electron chi connectivity index (χ4n) is 2.85. The highest BCUT2D eigenvalue weighted by Crippen LogP contribution is 2.18. The van der Waals surface area contributed by atoms with E-state index in [1.165, 1.54) is 17.8 Å². The van der Waals surface area contributed by atoms with E-state index in [2.05, 4.69) is 28.2 Å². The minimum Gasteiger partial charge on any atom is -0.354 e. The van der Waals surface area contributed by atoms with Crippen LogP contribution >= 0.6 is 27.7 Å². The quantitative estimate of drug-likeness (QED) is 0.439. The lowest BCUT2D eigenvalue weighted by molar-refractivity contribution is -0.138. The van der Waals surface area contributed by atoms with E-state index in [0.29, 0.717) is 24.4 Å². The number of halogens is 2. The van der Waals surface area contributed by atoms with Crippen LogP contribution in [0.25, 0.3) is 0 Å². The molecule has 0 aliphatic heterocycles. The average Bonchev–Trinajstić information content (AvgIpc) is 2.74. The number of benzene rings is 2. The number of carbonyl (C=O) groups excluding carboxylic acids is 2. The van der Waals surface area contributed by atoms with Crippen molar-refractivity contribution in [2.45, 2.75) is 45.0 Å². The van der Waals surface area contributed by atoms with E-state index in [0.717, 1.165) is 22.9 Å². The molecule has 0 saturated heterocycles. The number of amides is 2. The van der Waals surface area contributed by atoms with Crippen molar-refractivity contribution in [2.75, 3.05) is 12.3 Å². The van der Waals surface area contributed by atoms with Crippen LogP contribution in [0, 0.1) is 5.82 Å². The predicted octanol–water partition coefficient (Wildman–Crippen LogP) is 5.16. The van der Waals surface area contributed by atoms with E-state index in [4.69, 9.17) is 0 Å². The van der Waals surface area contributed by atoms with Gasteiger partial charge in [-0.05, 0) is 42.7 Å². The molecule has 0 fully saturated rings. The number of unbranched alkanes of at least 4 members (excludes halogenated alkanes) is 1. The van der Waals surface area contributed by atoms with Gasteiger partial charge in [-0.1, -0.05) is 59.6 Å². The number of thioether (sulfide) groups is 1. The molecule has 2 rings (SSSR count). The second kappa shape index (κ2) is 12.7. The van der Waals surface area contributed by atoms with Crippen LogP contribution < -0.4 is 5.32 Å². The van der Waals surface area contributed by atoms with Crippen LogP contribution in [-0.4, -0.2) is 35.1 Å². The highest BCUT2D eigenvalue weighted by atomic mass is 79.9. The van der Waals surface area contributed by atoms with Gasteiger partial charge in [-0.25, -0.2) is 4.39 Å². The van der Waals surface area contributed by atoms with Crippen LogP contribution in [0.1, 0.15) is 37.8 Å². The monoisotopic (exact) mass is 494 g/mol. The molecule has 0 bridgehead atoms. The summed E-state index contributed by atoms with van der Waals surface area (Å²) in [5, 5.41) is 2.91. The molecular weight excluding hydrogens is 467 g/mol. The van der Waals surface area contributed by atoms with Gasteiger partial charge in [-0.15, -0.1) is 11.8 Å². The van der Waals surface area contributed by atoms with Gasteiger partial charge in [0.1, 0.15) is 11.9 Å². The molecular formula is C23H28BrFN2O2S. The third kappa shape index (κ3) is 7.76. The molecule has 7 heteroatoms. The Balaban J connectivity index is 2.04. The van der Waals surface area contributed by atoms with Crippen molar-refractivity contribution in [3.05, 3.63) is 69.9 Å². The maximum Gasteiger partial charge on any atom is 0.242 e. The van der Waals surface area contributed by atoms with Gasteiger partial charge in [0.2, 0.25) is 11.8 Å². The first-order chi connectivity index (χ1) is 14.4. The summed E-state index contributed by atoms with van der Waals surface area (Å²) in [5.74, 6) is 0.0113. The van der Waals surface area contributed by atoms with E-state index in [9.17, 15) is 14.0 Å². The Kier molecular flexibility index (Phi) is 10.4. The summed E-state index contributed by atoms with van der Waals surface area (Å²) in [6.07, 6.45) is 1.89. The standard InChI is InChI=1S/C23H28BrFN2O2S/c1-3-4-13-26-23(29)17(2)27(14-18-9-11-20(24)12-10-18)22(28)16-30-15-19-7-5-6-8-21(19)25/h5-12,17H,3-4,13-16H2,1-2H3,(H,26,29)/t17-/m1/s1. The molecule has 2 aromatic carbocycles. The number of nitrogens with one attached hydrogen (secondary N) is 1. The third-order valence-electron chi connectivity index (χ3n) is 4.70. The van der Waals surface area contributed by atoms with Crippen LogP contribution in [0.15, 0.2) is 53.0 Å². The number of rotatable bonds is 11. The fraction of sp³-hybridized carbons (Fsp3) is 0.391. The Labute approximate surface area is 190 Å². The highest BCUT2D eigenvalue weighted by molar-refractivity contribution is 9.10. The van der Waals surface area contributed by atoms with E-state index >= 15 is 0 Å². The lowest BCUT2D eigenvalue weighted by Gasteiger charge is -2.29. The lowest BCUT2D eigenvalue weighted by atomic mass is 10.1. The van der Waals surface area contributed by atoms with Crippen LogP contribution in [0.3, 0.4) is 0 Å². The van der Waals surface area contributed by atoms with Crippen molar-refractivity contribution >= 4 is 39.5 Å². The SMILES string of the molecule is CCCCNC(=O)[C@@H](C)N(Cc1ccc(Br)cc1)C(=O)CSCc1ccccc1F. The zero-order chi connectivity index (χ0) is 21.9. The van der Waals surface area contributed by atoms with Crippen molar-refractivity contribution in [2.24, 2.45) is 0 Å². The van der Waals surface area contributed by atoms with Crippen LogP contribution in [0.2, 0.25) is 0 Å². The summed E-state index contributed by atoms with van der Waals surface area (Å²) in [5.41, 5.74) is 1.51. The Bertz CT molecular complexity index is 832. The van der Waals surface area contributed by atoms with Gasteiger partial charge in [0, 0.05) is 23.3 Å². The molecule has 0 spiro atoms. The highest BCUT2D eigenvalue weighted by Gasteiger charge is 2.25. The van der Waals surface area contributed by atoms with Crippen molar-refractivity contribution < 1.29 is 14.0 Å². The van der Waals surface area contributed by atoms with Gasteiger partial charge in [0.15, 0.2) is 0 Å². The van der Waals surface area contributed by atoms with E-state index in [-0.39, 0.29) is 23.4 Å². The molecule has 0 aliphatic rings. The minimum absolute atomic E-state index is 0.141. The van der Waals surface area contributed by atoms with Crippen molar-refractivity contribution in [1.29, 1.82) is 0 Å². The summed E-state index contributed by atoms with van der Waals surface area (Å²) in [6, 6.07) is 13.7. The zero-order valence-electron chi connectivity index (χ0n) is 17.4. The van der Waals surface area contributed by atoms with Gasteiger partial charge in [-0.3, -0.25) is 9.59 Å². The lowest BCUT2D eigenvalue weighted by Crippen LogP contribution is -2.48. The van der Waals surface area contributed by atoms with Gasteiger partial charge >= 0.3 is 0 Å². The van der Waals surface area contributed by atoms with E-state index in [1.807, 2.05) is 24.3 Å². The number of nitrogens with zero attached hydrogens (tertiary/aromatic N) is 1. The molecule has 4 nitrogen and oxygen atoms in total. The molecule has 1 atom stereocenters. The van der Waals surface area contributed by atoms with E-state index in [1.54, 1.807) is 30.0 Å². The summed E-state index contributed by atoms with van der Waals surface area (Å²) in [4.78, 5) is 27.2. The average molecular weight is 495 g/mol. The maximum absolute atomic E-state index is 13.8. The topological polar surface area (TPSA) is 49.4 Å². The second-order valence-electron chi connectivity index (χ2n) is 7.05. The van der Waals surface area contributed by atoms with Crippen molar-refractivity contribution in [3.8, 4) is 0 Å². The molecule has 0 radical (unpaired) electrons. The van der Waals surface area contributed by atoms with Crippen molar-refractivity contribution in [3.63, 3.8) is 0 Å². The van der Waals surface area contributed by atoms with Crippen molar-refractivity contribution in [1.82, 2.24) is 10.2 Å². The van der Waals surface area contributed by atoms with Gasteiger partial charge in [0.05, 0.1) is 5.75 Å². The summed E-state index contributed by atoms with van der Waals surface area (Å²) in [6.45, 7) is 4.75. The molecule has 2 aromatic rings. The first kappa shape index (κ1) is 24.4. The first-order valence-corrected chi connectivity index (χ1v) is 12.0. The van der Waals surface area contributed by atoms with Crippen LogP contribution in [-0.2, 0) is 21.9 Å². The number of hydrogen-bond donors (Lipinski definition) is 1. The summed E-state index contributed by atoms with van der Waals surface area (Å²) >= 11 is 4.76. The number of carbonyl (C=O) groups is 2. The molecule has 0 heterocycles. The normalized spacial score (nSPS) is 11.7. The Morgan fingerprint density at radius 2 is 1.87 bits per heavy atom. The zero-order valence-corrected chi connectivity index (χ0v) is 19.8. The summed E-state index contributed by atoms with van der Waals surface area (Å²) in [7, 11) is 0. The fourth-order valence-corrected chi connectivity index (χ4v) is 4.01. The molecule has 1 N–H and O–H groups in total. The Morgan fingerprint density at radius 1 is 1.17 bits per heavy atom. The maximum atomic E-state index is 13.8.